The summed E-state index contributed by atoms with van der Waals surface area (Å²) in [6.45, 7) is 0. The summed E-state index contributed by atoms with van der Waals surface area (Å²) in [7, 11) is 0. The summed E-state index contributed by atoms with van der Waals surface area (Å²) in [5.41, 5.74) is -0.996. The zero-order valence-corrected chi connectivity index (χ0v) is 7.76. The summed E-state index contributed by atoms with van der Waals surface area (Å²) in [4.78, 5) is 10.4. The first-order chi connectivity index (χ1) is 6.37. The van der Waals surface area contributed by atoms with Crippen LogP contribution in [0.15, 0.2) is 0 Å². The number of carbonyl (C=O) groups is 1. The molecule has 0 unspecified atom stereocenters. The number of rotatable bonds is 1. The van der Waals surface area contributed by atoms with Gasteiger partial charge in [0.05, 0.1) is 10.0 Å². The minimum atomic E-state index is -1.90. The van der Waals surface area contributed by atoms with E-state index in [0.717, 1.165) is 0 Å². The fourth-order valence-electron chi connectivity index (χ4n) is 0.793. The zero-order valence-electron chi connectivity index (χ0n) is 6.25. The molecule has 0 saturated heterocycles. The molecule has 0 radical (unpaired) electrons. The Hall–Kier alpha value is -0.940. The van der Waals surface area contributed by atoms with E-state index in [4.69, 9.17) is 28.3 Å². The summed E-state index contributed by atoms with van der Waals surface area (Å²) in [5, 5.41) is 6.35. The molecule has 1 N–H and O–H groups in total. The lowest BCUT2D eigenvalue weighted by Gasteiger charge is -2.05. The Kier molecular flexibility index (Phi) is 2.92. The molecule has 1 aromatic carbocycles. The Labute approximate surface area is 85.9 Å². The van der Waals surface area contributed by atoms with E-state index in [9.17, 15) is 18.0 Å². The van der Waals surface area contributed by atoms with E-state index in [1.54, 1.807) is 0 Å². The summed E-state index contributed by atoms with van der Waals surface area (Å²) in [5.74, 6) is -7.18. The lowest BCUT2D eigenvalue weighted by molar-refractivity contribution is 0.0696. The molecule has 0 aliphatic heterocycles. The maximum Gasteiger partial charge on any atom is 0.338 e. The Morgan fingerprint density at radius 3 is 1.64 bits per heavy atom. The van der Waals surface area contributed by atoms with Crippen molar-refractivity contribution < 1.29 is 23.1 Å². The van der Waals surface area contributed by atoms with Crippen LogP contribution in [0.25, 0.3) is 0 Å². The fourth-order valence-corrected chi connectivity index (χ4v) is 1.36. The van der Waals surface area contributed by atoms with Gasteiger partial charge in [0.1, 0.15) is 5.56 Å². The predicted molar refractivity (Wildman–Crippen MR) is 43.3 cm³/mol. The Bertz CT molecular complexity index is 391. The highest BCUT2D eigenvalue weighted by atomic mass is 35.5. The molecule has 1 rings (SSSR count). The molecule has 0 bridgehead atoms. The van der Waals surface area contributed by atoms with Gasteiger partial charge >= 0.3 is 5.97 Å². The van der Waals surface area contributed by atoms with Crippen LogP contribution in [0.4, 0.5) is 13.2 Å². The van der Waals surface area contributed by atoms with Crippen molar-refractivity contribution >= 4 is 29.2 Å². The third-order valence-corrected chi connectivity index (χ3v) is 2.13. The second-order valence-corrected chi connectivity index (χ2v) is 3.01. The number of halogens is 5. The topological polar surface area (TPSA) is 37.3 Å². The van der Waals surface area contributed by atoms with E-state index in [1.807, 2.05) is 0 Å². The molecule has 14 heavy (non-hydrogen) atoms. The second-order valence-electron chi connectivity index (χ2n) is 2.25. The van der Waals surface area contributed by atoms with Gasteiger partial charge in [0.25, 0.3) is 0 Å². The van der Waals surface area contributed by atoms with Crippen LogP contribution in [0.1, 0.15) is 10.4 Å². The molecule has 7 heteroatoms. The molecule has 0 aliphatic rings. The standard InChI is InChI=1S/C7HCl2F3O2/c8-2-1(7(13)14)3(9)5(11)6(12)4(2)10/h(H,13,14). The first kappa shape index (κ1) is 11.1. The van der Waals surface area contributed by atoms with E-state index < -0.39 is 39.0 Å². The highest BCUT2D eigenvalue weighted by Crippen LogP contribution is 2.32. The van der Waals surface area contributed by atoms with Gasteiger partial charge in [0, 0.05) is 0 Å². The van der Waals surface area contributed by atoms with Crippen LogP contribution < -0.4 is 0 Å². The molecule has 1 aromatic rings. The Morgan fingerprint density at radius 1 is 1.00 bits per heavy atom. The minimum Gasteiger partial charge on any atom is -0.478 e. The molecule has 0 amide bonds. The van der Waals surface area contributed by atoms with Crippen LogP contribution in [0.3, 0.4) is 0 Å². The van der Waals surface area contributed by atoms with Crippen LogP contribution >= 0.6 is 23.2 Å². The number of hydrogen-bond donors (Lipinski definition) is 1. The van der Waals surface area contributed by atoms with E-state index in [2.05, 4.69) is 0 Å². The second kappa shape index (κ2) is 3.67. The molecule has 0 atom stereocenters. The summed E-state index contributed by atoms with van der Waals surface area (Å²) >= 11 is 10.2. The highest BCUT2D eigenvalue weighted by molar-refractivity contribution is 6.39. The largest absolute Gasteiger partial charge is 0.478 e. The van der Waals surface area contributed by atoms with Crippen molar-refractivity contribution in [2.45, 2.75) is 0 Å². The normalized spacial score (nSPS) is 10.4. The van der Waals surface area contributed by atoms with Gasteiger partial charge in [-0.2, -0.15) is 0 Å². The Balaban J connectivity index is 3.68. The first-order valence-electron chi connectivity index (χ1n) is 3.12. The molecule has 0 fully saturated rings. The van der Waals surface area contributed by atoms with Crippen molar-refractivity contribution in [2.24, 2.45) is 0 Å². The predicted octanol–water partition coefficient (Wildman–Crippen LogP) is 3.11. The molecule has 0 heterocycles. The molecule has 0 aromatic heterocycles. The van der Waals surface area contributed by atoms with Gasteiger partial charge in [-0.15, -0.1) is 0 Å². The van der Waals surface area contributed by atoms with Crippen LogP contribution in [-0.4, -0.2) is 11.1 Å². The minimum absolute atomic E-state index is 0.996. The lowest BCUT2D eigenvalue weighted by atomic mass is 10.2. The maximum atomic E-state index is 12.7. The van der Waals surface area contributed by atoms with Gasteiger partial charge in [0.2, 0.25) is 0 Å². The van der Waals surface area contributed by atoms with E-state index >= 15 is 0 Å². The van der Waals surface area contributed by atoms with Crippen LogP contribution in [-0.2, 0) is 0 Å². The van der Waals surface area contributed by atoms with Gasteiger partial charge in [-0.3, -0.25) is 0 Å². The van der Waals surface area contributed by atoms with E-state index in [-0.39, 0.29) is 0 Å². The maximum absolute atomic E-state index is 12.7. The van der Waals surface area contributed by atoms with Crippen LogP contribution in [0.5, 0.6) is 0 Å². The first-order valence-corrected chi connectivity index (χ1v) is 3.88. The van der Waals surface area contributed by atoms with Gasteiger partial charge in [-0.1, -0.05) is 23.2 Å². The number of aromatic carboxylic acids is 1. The lowest BCUT2D eigenvalue weighted by Crippen LogP contribution is -2.05. The molecule has 0 aliphatic carbocycles. The van der Waals surface area contributed by atoms with Gasteiger partial charge < -0.3 is 5.11 Å². The highest BCUT2D eigenvalue weighted by Gasteiger charge is 2.26. The van der Waals surface area contributed by atoms with Crippen molar-refractivity contribution in [2.75, 3.05) is 0 Å². The van der Waals surface area contributed by atoms with Crippen molar-refractivity contribution in [1.82, 2.24) is 0 Å². The van der Waals surface area contributed by atoms with Gasteiger partial charge in [-0.25, -0.2) is 18.0 Å². The van der Waals surface area contributed by atoms with Crippen molar-refractivity contribution in [3.8, 4) is 0 Å². The Morgan fingerprint density at radius 2 is 1.36 bits per heavy atom. The van der Waals surface area contributed by atoms with Crippen molar-refractivity contribution in [3.05, 3.63) is 33.1 Å². The van der Waals surface area contributed by atoms with Crippen LogP contribution in [0.2, 0.25) is 10.0 Å². The number of carboxylic acids is 1. The number of benzene rings is 1. The molecule has 76 valence electrons. The quantitative estimate of drug-likeness (QED) is 0.609. The van der Waals surface area contributed by atoms with E-state index in [1.165, 1.54) is 0 Å². The average molecular weight is 245 g/mol. The number of hydrogen-bond acceptors (Lipinski definition) is 1. The SMILES string of the molecule is O=C(O)c1c(Cl)c(F)c(F)c(F)c1Cl. The smallest absolute Gasteiger partial charge is 0.338 e. The monoisotopic (exact) mass is 244 g/mol. The number of carboxylic acid groups (broad SMARTS) is 1. The van der Waals surface area contributed by atoms with Crippen LogP contribution in [0, 0.1) is 17.5 Å². The van der Waals surface area contributed by atoms with Crippen molar-refractivity contribution in [3.63, 3.8) is 0 Å². The van der Waals surface area contributed by atoms with Crippen molar-refractivity contribution in [1.29, 1.82) is 0 Å². The third kappa shape index (κ3) is 1.53. The van der Waals surface area contributed by atoms with E-state index in [0.29, 0.717) is 0 Å². The summed E-state index contributed by atoms with van der Waals surface area (Å²) in [6, 6.07) is 0. The molecule has 0 spiro atoms. The molecular weight excluding hydrogens is 244 g/mol. The average Bonchev–Trinajstić information content (AvgIpc) is 2.11. The fraction of sp³-hybridized carbons (Fsp3) is 0. The molecule has 0 saturated carbocycles. The zero-order chi connectivity index (χ0) is 11.0. The van der Waals surface area contributed by atoms with Gasteiger partial charge in [-0.05, 0) is 0 Å². The molecule has 2 nitrogen and oxygen atoms in total. The molecular formula is C7HCl2F3O2. The summed E-state index contributed by atoms with van der Waals surface area (Å²) < 4.78 is 38.0. The van der Waals surface area contributed by atoms with Gasteiger partial charge in [0.15, 0.2) is 17.5 Å². The third-order valence-electron chi connectivity index (χ3n) is 1.42. The summed E-state index contributed by atoms with van der Waals surface area (Å²) in [6.07, 6.45) is 0.